The molecule has 0 atom stereocenters. The predicted molar refractivity (Wildman–Crippen MR) is 95.8 cm³/mol. The van der Waals surface area contributed by atoms with Crippen LogP contribution in [0.4, 0.5) is 0 Å². The Hall–Kier alpha value is -2.34. The zero-order valence-electron chi connectivity index (χ0n) is 13.5. The first-order valence-corrected chi connectivity index (χ1v) is 8.32. The molecule has 0 aliphatic carbocycles. The summed E-state index contributed by atoms with van der Waals surface area (Å²) in [6, 6.07) is 14.4. The minimum Gasteiger partial charge on any atom is -0.484 e. The average molecular weight is 391 g/mol. The first-order chi connectivity index (χ1) is 11.5. The second-order valence-electron chi connectivity index (χ2n) is 5.53. The van der Waals surface area contributed by atoms with Crippen molar-refractivity contribution >= 4 is 27.7 Å². The second kappa shape index (κ2) is 8.49. The van der Waals surface area contributed by atoms with Crippen LogP contribution in [0.5, 0.6) is 5.75 Å². The lowest BCUT2D eigenvalue weighted by Crippen LogP contribution is -2.43. The molecule has 0 unspecified atom stereocenters. The molecule has 0 saturated heterocycles. The van der Waals surface area contributed by atoms with E-state index in [1.165, 1.54) is 5.56 Å². The van der Waals surface area contributed by atoms with Crippen LogP contribution in [0.2, 0.25) is 0 Å². The molecule has 0 aliphatic heterocycles. The topological polar surface area (TPSA) is 67.4 Å². The van der Waals surface area contributed by atoms with Crippen LogP contribution in [0.3, 0.4) is 0 Å². The third kappa shape index (κ3) is 5.38. The van der Waals surface area contributed by atoms with Crippen LogP contribution in [0.15, 0.2) is 53.0 Å². The number of ether oxygens (including phenoxy) is 1. The molecule has 2 aromatic rings. The largest absolute Gasteiger partial charge is 0.484 e. The summed E-state index contributed by atoms with van der Waals surface area (Å²) < 4.78 is 6.18. The van der Waals surface area contributed by atoms with E-state index in [9.17, 15) is 9.59 Å². The molecule has 0 radical (unpaired) electrons. The van der Waals surface area contributed by atoms with E-state index in [4.69, 9.17) is 4.74 Å². The van der Waals surface area contributed by atoms with Gasteiger partial charge in [-0.2, -0.15) is 0 Å². The summed E-state index contributed by atoms with van der Waals surface area (Å²) in [5, 5.41) is 0. The minimum atomic E-state index is -0.439. The summed E-state index contributed by atoms with van der Waals surface area (Å²) >= 11 is 3.29. The quantitative estimate of drug-likeness (QED) is 0.768. The molecule has 2 N–H and O–H groups in total. The Morgan fingerprint density at radius 2 is 1.79 bits per heavy atom. The van der Waals surface area contributed by atoms with Gasteiger partial charge in [-0.15, -0.1) is 0 Å². The Morgan fingerprint density at radius 1 is 1.08 bits per heavy atom. The third-order valence-electron chi connectivity index (χ3n) is 3.32. The van der Waals surface area contributed by atoms with Gasteiger partial charge in [0, 0.05) is 10.0 Å². The van der Waals surface area contributed by atoms with Crippen molar-refractivity contribution in [1.29, 1.82) is 0 Å². The van der Waals surface area contributed by atoms with Crippen LogP contribution in [0, 0.1) is 0 Å². The molecule has 24 heavy (non-hydrogen) atoms. The number of halogens is 1. The maximum atomic E-state index is 11.9. The number of hydrazine groups is 1. The number of amides is 2. The van der Waals surface area contributed by atoms with Crippen LogP contribution < -0.4 is 15.6 Å². The number of hydrogen-bond acceptors (Lipinski definition) is 3. The van der Waals surface area contributed by atoms with Gasteiger partial charge in [-0.05, 0) is 41.8 Å². The van der Waals surface area contributed by atoms with Gasteiger partial charge >= 0.3 is 0 Å². The number of nitrogens with one attached hydrogen (secondary N) is 2. The Bertz CT molecular complexity index is 714. The molecule has 0 aromatic heterocycles. The highest BCUT2D eigenvalue weighted by molar-refractivity contribution is 9.10. The molecular weight excluding hydrogens is 372 g/mol. The van der Waals surface area contributed by atoms with E-state index in [1.807, 2.05) is 30.3 Å². The summed E-state index contributed by atoms with van der Waals surface area (Å²) in [6.07, 6.45) is 0. The van der Waals surface area contributed by atoms with Crippen LogP contribution >= 0.6 is 15.9 Å². The Balaban J connectivity index is 1.78. The lowest BCUT2D eigenvalue weighted by molar-refractivity contribution is -0.123. The molecule has 0 heterocycles. The maximum Gasteiger partial charge on any atom is 0.276 e. The smallest absolute Gasteiger partial charge is 0.276 e. The first kappa shape index (κ1) is 18.0. The van der Waals surface area contributed by atoms with Gasteiger partial charge in [-0.3, -0.25) is 20.4 Å². The number of carbonyl (C=O) groups excluding carboxylic acids is 2. The van der Waals surface area contributed by atoms with Crippen molar-refractivity contribution in [3.63, 3.8) is 0 Å². The van der Waals surface area contributed by atoms with Gasteiger partial charge in [0.1, 0.15) is 5.75 Å². The highest BCUT2D eigenvalue weighted by atomic mass is 79.9. The van der Waals surface area contributed by atoms with E-state index < -0.39 is 11.8 Å². The fourth-order valence-electron chi connectivity index (χ4n) is 1.96. The SMILES string of the molecule is CC(C)c1ccc(OCC(=O)NNC(=O)c2cccc(Br)c2)cc1. The Labute approximate surface area is 149 Å². The number of hydrogen-bond donors (Lipinski definition) is 2. The van der Waals surface area contributed by atoms with E-state index in [0.717, 1.165) is 4.47 Å². The normalized spacial score (nSPS) is 10.3. The van der Waals surface area contributed by atoms with Crippen molar-refractivity contribution in [2.24, 2.45) is 0 Å². The maximum absolute atomic E-state index is 11.9. The molecule has 0 aliphatic rings. The lowest BCUT2D eigenvalue weighted by Gasteiger charge is -2.10. The summed E-state index contributed by atoms with van der Waals surface area (Å²) in [5.41, 5.74) is 6.31. The van der Waals surface area contributed by atoms with Crippen LogP contribution in [-0.2, 0) is 4.79 Å². The van der Waals surface area contributed by atoms with E-state index >= 15 is 0 Å². The molecule has 6 heteroatoms. The average Bonchev–Trinajstić information content (AvgIpc) is 2.58. The zero-order chi connectivity index (χ0) is 17.5. The molecular formula is C18H19BrN2O3. The summed E-state index contributed by atoms with van der Waals surface area (Å²) in [7, 11) is 0. The molecule has 0 spiro atoms. The molecule has 5 nitrogen and oxygen atoms in total. The van der Waals surface area contributed by atoms with E-state index in [-0.39, 0.29) is 6.61 Å². The molecule has 2 rings (SSSR count). The second-order valence-corrected chi connectivity index (χ2v) is 6.44. The van der Waals surface area contributed by atoms with Crippen molar-refractivity contribution in [3.8, 4) is 5.75 Å². The van der Waals surface area contributed by atoms with E-state index in [2.05, 4.69) is 40.6 Å². The third-order valence-corrected chi connectivity index (χ3v) is 3.81. The van der Waals surface area contributed by atoms with Crippen LogP contribution in [0.1, 0.15) is 35.7 Å². The molecule has 0 fully saturated rings. The number of carbonyl (C=O) groups is 2. The van der Waals surface area contributed by atoms with Crippen molar-refractivity contribution in [1.82, 2.24) is 10.9 Å². The van der Waals surface area contributed by atoms with E-state index in [0.29, 0.717) is 17.2 Å². The summed E-state index contributed by atoms with van der Waals surface area (Å²) in [4.78, 5) is 23.6. The van der Waals surface area contributed by atoms with Crippen molar-refractivity contribution in [3.05, 3.63) is 64.1 Å². The van der Waals surface area contributed by atoms with Gasteiger partial charge in [-0.25, -0.2) is 0 Å². The fourth-order valence-corrected chi connectivity index (χ4v) is 2.36. The minimum absolute atomic E-state index is 0.181. The Kier molecular flexibility index (Phi) is 6.37. The molecule has 2 amide bonds. The van der Waals surface area contributed by atoms with Crippen molar-refractivity contribution < 1.29 is 14.3 Å². The predicted octanol–water partition coefficient (Wildman–Crippen LogP) is 3.41. The van der Waals surface area contributed by atoms with Gasteiger partial charge in [0.05, 0.1) is 0 Å². The van der Waals surface area contributed by atoms with Crippen LogP contribution in [-0.4, -0.2) is 18.4 Å². The van der Waals surface area contributed by atoms with Gasteiger partial charge < -0.3 is 4.74 Å². The van der Waals surface area contributed by atoms with Crippen molar-refractivity contribution in [2.75, 3.05) is 6.61 Å². The van der Waals surface area contributed by atoms with E-state index in [1.54, 1.807) is 18.2 Å². The van der Waals surface area contributed by atoms with Gasteiger partial charge in [0.15, 0.2) is 6.61 Å². The van der Waals surface area contributed by atoms with Crippen molar-refractivity contribution in [2.45, 2.75) is 19.8 Å². The van der Waals surface area contributed by atoms with Gasteiger partial charge in [0.25, 0.3) is 11.8 Å². The van der Waals surface area contributed by atoms with Crippen LogP contribution in [0.25, 0.3) is 0 Å². The summed E-state index contributed by atoms with van der Waals surface area (Å²) in [6.45, 7) is 4.04. The molecule has 0 bridgehead atoms. The Morgan fingerprint density at radius 3 is 2.42 bits per heavy atom. The highest BCUT2D eigenvalue weighted by Crippen LogP contribution is 2.18. The van der Waals surface area contributed by atoms with Gasteiger partial charge in [0.2, 0.25) is 0 Å². The monoisotopic (exact) mass is 390 g/mol. The lowest BCUT2D eigenvalue weighted by atomic mass is 10.0. The molecule has 0 saturated carbocycles. The molecule has 2 aromatic carbocycles. The first-order valence-electron chi connectivity index (χ1n) is 7.53. The number of benzene rings is 2. The highest BCUT2D eigenvalue weighted by Gasteiger charge is 2.08. The number of rotatable bonds is 5. The standard InChI is InChI=1S/C18H19BrN2O3/c1-12(2)13-6-8-16(9-7-13)24-11-17(22)20-21-18(23)14-4-3-5-15(19)10-14/h3-10,12H,11H2,1-2H3,(H,20,22)(H,21,23). The van der Waals surface area contributed by atoms with Gasteiger partial charge in [-0.1, -0.05) is 48.0 Å². The zero-order valence-corrected chi connectivity index (χ0v) is 15.1. The summed E-state index contributed by atoms with van der Waals surface area (Å²) in [5.74, 6) is 0.209. The fraction of sp³-hybridized carbons (Fsp3) is 0.222. The molecule has 126 valence electrons.